The lowest BCUT2D eigenvalue weighted by molar-refractivity contribution is 0.0759. The summed E-state index contributed by atoms with van der Waals surface area (Å²) < 4.78 is 12.1. The number of halogens is 1. The van der Waals surface area contributed by atoms with Crippen LogP contribution in [-0.2, 0) is 5.60 Å². The van der Waals surface area contributed by atoms with E-state index in [9.17, 15) is 5.11 Å². The summed E-state index contributed by atoms with van der Waals surface area (Å²) in [5.74, 6) is 1.41. The van der Waals surface area contributed by atoms with Crippen molar-refractivity contribution in [1.29, 1.82) is 0 Å². The van der Waals surface area contributed by atoms with Gasteiger partial charge in [0.25, 0.3) is 0 Å². The summed E-state index contributed by atoms with van der Waals surface area (Å²) in [6.45, 7) is 3.51. The van der Waals surface area contributed by atoms with Crippen LogP contribution in [-0.4, -0.2) is 18.3 Å². The average molecular weight is 315 g/mol. The maximum Gasteiger partial charge on any atom is 0.162 e. The predicted molar refractivity (Wildman–Crippen MR) is 74.2 cm³/mol. The Morgan fingerprint density at radius 2 is 1.94 bits per heavy atom. The van der Waals surface area contributed by atoms with Crippen molar-refractivity contribution in [3.05, 3.63) is 22.2 Å². The molecule has 1 N–H and O–H groups in total. The van der Waals surface area contributed by atoms with E-state index in [1.54, 1.807) is 21.0 Å². The van der Waals surface area contributed by atoms with Crippen molar-refractivity contribution in [3.63, 3.8) is 0 Å². The highest BCUT2D eigenvalue weighted by molar-refractivity contribution is 9.10. The first-order valence-electron chi connectivity index (χ1n) is 6.19. The van der Waals surface area contributed by atoms with E-state index in [2.05, 4.69) is 15.9 Å². The molecule has 0 bridgehead atoms. The van der Waals surface area contributed by atoms with E-state index in [0.717, 1.165) is 22.9 Å². The molecular formula is C14H19BrO3. The molecule has 1 aromatic carbocycles. The van der Waals surface area contributed by atoms with Crippen molar-refractivity contribution in [3.8, 4) is 11.5 Å². The van der Waals surface area contributed by atoms with Crippen molar-refractivity contribution < 1.29 is 14.6 Å². The van der Waals surface area contributed by atoms with Gasteiger partial charge in [-0.3, -0.25) is 0 Å². The predicted octanol–water partition coefficient (Wildman–Crippen LogP) is 3.62. The summed E-state index contributed by atoms with van der Waals surface area (Å²) in [7, 11) is 1.62. The Hall–Kier alpha value is -0.740. The second-order valence-corrected chi connectivity index (χ2v) is 6.07. The smallest absolute Gasteiger partial charge is 0.162 e. The first kappa shape index (κ1) is 13.7. The molecule has 1 aromatic rings. The molecule has 1 saturated carbocycles. The Bertz CT molecular complexity index is 433. The highest BCUT2D eigenvalue weighted by Crippen LogP contribution is 2.39. The molecule has 0 radical (unpaired) electrons. The summed E-state index contributed by atoms with van der Waals surface area (Å²) >= 11 is 3.46. The van der Waals surface area contributed by atoms with Crippen LogP contribution in [0.4, 0.5) is 0 Å². The van der Waals surface area contributed by atoms with Gasteiger partial charge in [0, 0.05) is 10.0 Å². The lowest BCUT2D eigenvalue weighted by atomic mass is 9.95. The first-order valence-corrected chi connectivity index (χ1v) is 6.98. The van der Waals surface area contributed by atoms with Gasteiger partial charge in [0.2, 0.25) is 0 Å². The zero-order valence-corrected chi connectivity index (χ0v) is 12.6. The summed E-state index contributed by atoms with van der Waals surface area (Å²) in [6.07, 6.45) is 3.70. The molecule has 0 heterocycles. The third-order valence-corrected chi connectivity index (χ3v) is 3.91. The van der Waals surface area contributed by atoms with Crippen LogP contribution in [0.3, 0.4) is 0 Å². The van der Waals surface area contributed by atoms with E-state index >= 15 is 0 Å². The minimum absolute atomic E-state index is 0.287. The molecule has 3 nitrogen and oxygen atoms in total. The van der Waals surface area contributed by atoms with Gasteiger partial charge >= 0.3 is 0 Å². The molecule has 1 fully saturated rings. The summed E-state index contributed by atoms with van der Waals surface area (Å²) in [5.41, 5.74) is -0.111. The Morgan fingerprint density at radius 1 is 1.28 bits per heavy atom. The van der Waals surface area contributed by atoms with Gasteiger partial charge in [0.15, 0.2) is 11.5 Å². The van der Waals surface area contributed by atoms with Gasteiger partial charge in [-0.1, -0.05) is 15.9 Å². The number of rotatable bonds is 4. The maximum absolute atomic E-state index is 10.1. The van der Waals surface area contributed by atoms with Crippen LogP contribution in [0.25, 0.3) is 0 Å². The van der Waals surface area contributed by atoms with Crippen LogP contribution in [0.5, 0.6) is 11.5 Å². The van der Waals surface area contributed by atoms with Crippen molar-refractivity contribution in [2.45, 2.75) is 44.8 Å². The van der Waals surface area contributed by atoms with Crippen LogP contribution in [0.15, 0.2) is 16.6 Å². The number of benzene rings is 1. The number of methoxy groups -OCH3 is 1. The monoisotopic (exact) mass is 314 g/mol. The molecule has 2 rings (SSSR count). The molecule has 1 aliphatic carbocycles. The second kappa shape index (κ2) is 5.10. The fourth-order valence-electron chi connectivity index (χ4n) is 1.92. The topological polar surface area (TPSA) is 38.7 Å². The molecule has 0 amide bonds. The minimum atomic E-state index is -0.914. The second-order valence-electron chi connectivity index (χ2n) is 5.21. The van der Waals surface area contributed by atoms with Crippen LogP contribution in [0.2, 0.25) is 0 Å². The lowest BCUT2D eigenvalue weighted by Crippen LogP contribution is -2.25. The number of hydrogen-bond acceptors (Lipinski definition) is 3. The molecule has 0 unspecified atom stereocenters. The lowest BCUT2D eigenvalue weighted by Gasteiger charge is -2.28. The Kier molecular flexibility index (Phi) is 3.87. The van der Waals surface area contributed by atoms with E-state index in [4.69, 9.17) is 9.47 Å². The molecule has 0 saturated heterocycles. The first-order chi connectivity index (χ1) is 8.41. The molecular weight excluding hydrogens is 296 g/mol. The zero-order valence-electron chi connectivity index (χ0n) is 11.0. The van der Waals surface area contributed by atoms with Gasteiger partial charge in [0.1, 0.15) is 0 Å². The Labute approximate surface area is 116 Å². The van der Waals surface area contributed by atoms with Crippen LogP contribution >= 0.6 is 15.9 Å². The molecule has 4 heteroatoms. The van der Waals surface area contributed by atoms with E-state index < -0.39 is 5.60 Å². The fraction of sp³-hybridized carbons (Fsp3) is 0.571. The Balaban J connectivity index is 2.35. The molecule has 1 aliphatic rings. The summed E-state index contributed by atoms with van der Waals surface area (Å²) in [5, 5.41) is 10.1. The maximum atomic E-state index is 10.1. The van der Waals surface area contributed by atoms with E-state index in [0.29, 0.717) is 11.5 Å². The highest BCUT2D eigenvalue weighted by Gasteiger charge is 2.25. The van der Waals surface area contributed by atoms with E-state index in [1.807, 2.05) is 12.1 Å². The van der Waals surface area contributed by atoms with Crippen molar-refractivity contribution in [2.24, 2.45) is 0 Å². The van der Waals surface area contributed by atoms with Gasteiger partial charge in [-0.25, -0.2) is 0 Å². The van der Waals surface area contributed by atoms with E-state index in [-0.39, 0.29) is 6.10 Å². The molecule has 100 valence electrons. The largest absolute Gasteiger partial charge is 0.493 e. The van der Waals surface area contributed by atoms with Crippen molar-refractivity contribution in [1.82, 2.24) is 0 Å². The summed E-state index contributed by atoms with van der Waals surface area (Å²) in [4.78, 5) is 0. The minimum Gasteiger partial charge on any atom is -0.493 e. The standard InChI is InChI=1S/C14H19BrO3/c1-14(2,16)10-7-13(18-9-5-4-6-9)12(17-3)8-11(10)15/h7-9,16H,4-6H2,1-3H3. The zero-order chi connectivity index (χ0) is 13.3. The molecule has 0 spiro atoms. The molecule has 0 aliphatic heterocycles. The quantitative estimate of drug-likeness (QED) is 0.922. The fourth-order valence-corrected chi connectivity index (χ4v) is 2.73. The SMILES string of the molecule is COc1cc(Br)c(C(C)(C)O)cc1OC1CCC1. The van der Waals surface area contributed by atoms with Gasteiger partial charge in [0.05, 0.1) is 18.8 Å². The summed E-state index contributed by atoms with van der Waals surface area (Å²) in [6, 6.07) is 3.71. The van der Waals surface area contributed by atoms with E-state index in [1.165, 1.54) is 6.42 Å². The van der Waals surface area contributed by atoms with Crippen LogP contribution < -0.4 is 9.47 Å². The average Bonchev–Trinajstić information content (AvgIpc) is 2.22. The normalized spacial score (nSPS) is 16.3. The Morgan fingerprint density at radius 3 is 2.39 bits per heavy atom. The molecule has 0 aromatic heterocycles. The van der Waals surface area contributed by atoms with Crippen LogP contribution in [0.1, 0.15) is 38.7 Å². The number of hydrogen-bond donors (Lipinski definition) is 1. The van der Waals surface area contributed by atoms with Gasteiger partial charge in [-0.05, 0) is 45.2 Å². The van der Waals surface area contributed by atoms with Crippen molar-refractivity contribution in [2.75, 3.05) is 7.11 Å². The van der Waals surface area contributed by atoms with Gasteiger partial charge < -0.3 is 14.6 Å². The number of aliphatic hydroxyl groups is 1. The third kappa shape index (κ3) is 2.81. The van der Waals surface area contributed by atoms with Crippen molar-refractivity contribution >= 4 is 15.9 Å². The third-order valence-electron chi connectivity index (χ3n) is 3.26. The molecule has 18 heavy (non-hydrogen) atoms. The highest BCUT2D eigenvalue weighted by atomic mass is 79.9. The van der Waals surface area contributed by atoms with Gasteiger partial charge in [-0.2, -0.15) is 0 Å². The van der Waals surface area contributed by atoms with Crippen LogP contribution in [0, 0.1) is 0 Å². The van der Waals surface area contributed by atoms with Gasteiger partial charge in [-0.15, -0.1) is 0 Å². The number of ether oxygens (including phenoxy) is 2. The molecule has 0 atom stereocenters.